The minimum Gasteiger partial charge on any atom is -0.353 e. The van der Waals surface area contributed by atoms with Gasteiger partial charge in [-0.3, -0.25) is 4.79 Å². The summed E-state index contributed by atoms with van der Waals surface area (Å²) < 4.78 is 0. The van der Waals surface area contributed by atoms with E-state index in [9.17, 15) is 4.79 Å². The number of hydrogen-bond acceptors (Lipinski definition) is 2. The van der Waals surface area contributed by atoms with Crippen LogP contribution in [0.5, 0.6) is 0 Å². The quantitative estimate of drug-likeness (QED) is 0.337. The lowest BCUT2D eigenvalue weighted by Gasteiger charge is -1.85. The van der Waals surface area contributed by atoms with Crippen molar-refractivity contribution in [2.45, 2.75) is 0 Å². The van der Waals surface area contributed by atoms with Crippen molar-refractivity contribution in [3.05, 3.63) is 6.54 Å². The Hall–Kier alpha value is -0.570. The lowest BCUT2D eigenvalue weighted by Crippen LogP contribution is -2.13. The molecule has 0 aliphatic heterocycles. The highest BCUT2D eigenvalue weighted by molar-refractivity contribution is 5.46. The third kappa shape index (κ3) is 3.43. The molecule has 0 heterocycles. The van der Waals surface area contributed by atoms with Gasteiger partial charge in [-0.05, 0) is 0 Å². The maximum Gasteiger partial charge on any atom is 0.207 e. The first-order valence-electron chi connectivity index (χ1n) is 1.63. The van der Waals surface area contributed by atoms with Gasteiger partial charge in [0, 0.05) is 6.54 Å². The summed E-state index contributed by atoms with van der Waals surface area (Å²) in [4.78, 5) is 9.37. The lowest BCUT2D eigenvalue weighted by molar-refractivity contribution is -0.109. The summed E-state index contributed by atoms with van der Waals surface area (Å²) in [6.45, 7) is 1.85. The molecule has 3 heteroatoms. The zero-order valence-electron chi connectivity index (χ0n) is 3.35. The van der Waals surface area contributed by atoms with Gasteiger partial charge in [0.1, 0.15) is 0 Å². The van der Waals surface area contributed by atoms with Crippen LogP contribution in [0.2, 0.25) is 0 Å². The number of hydrogen-bond donors (Lipinski definition) is 2. The zero-order valence-corrected chi connectivity index (χ0v) is 3.35. The minimum absolute atomic E-state index is 0.388. The maximum atomic E-state index is 9.37. The number of carbonyl (C=O) groups is 1. The SMILES string of the molecule is NC[CH]NC=O. The summed E-state index contributed by atoms with van der Waals surface area (Å²) in [5, 5.41) is 2.27. The molecule has 0 bridgehead atoms. The van der Waals surface area contributed by atoms with Crippen molar-refractivity contribution in [2.24, 2.45) is 5.73 Å². The average Bonchev–Trinajstić information content (AvgIpc) is 1.61. The van der Waals surface area contributed by atoms with Crippen molar-refractivity contribution in [2.75, 3.05) is 6.54 Å². The summed E-state index contributed by atoms with van der Waals surface area (Å²) >= 11 is 0. The molecule has 3 nitrogen and oxygen atoms in total. The van der Waals surface area contributed by atoms with E-state index in [-0.39, 0.29) is 0 Å². The number of rotatable bonds is 3. The van der Waals surface area contributed by atoms with Crippen molar-refractivity contribution >= 4 is 6.41 Å². The van der Waals surface area contributed by atoms with Crippen LogP contribution in [-0.4, -0.2) is 13.0 Å². The Morgan fingerprint density at radius 1 is 1.83 bits per heavy atom. The first-order chi connectivity index (χ1) is 2.91. The molecule has 35 valence electrons. The number of nitrogens with two attached hydrogens (primary N) is 1. The van der Waals surface area contributed by atoms with Crippen molar-refractivity contribution in [3.8, 4) is 0 Å². The van der Waals surface area contributed by atoms with Crippen molar-refractivity contribution < 1.29 is 4.79 Å². The van der Waals surface area contributed by atoms with Crippen LogP contribution in [0.1, 0.15) is 0 Å². The number of carbonyl (C=O) groups excluding carboxylic acids is 1. The molecule has 0 spiro atoms. The van der Waals surface area contributed by atoms with Gasteiger partial charge in [0.05, 0.1) is 6.54 Å². The third-order valence-corrected chi connectivity index (χ3v) is 0.304. The van der Waals surface area contributed by atoms with Crippen LogP contribution < -0.4 is 11.1 Å². The topological polar surface area (TPSA) is 55.1 Å². The van der Waals surface area contributed by atoms with Gasteiger partial charge in [-0.15, -0.1) is 0 Å². The van der Waals surface area contributed by atoms with E-state index in [0.717, 1.165) is 0 Å². The van der Waals surface area contributed by atoms with E-state index in [4.69, 9.17) is 5.73 Å². The number of nitrogens with one attached hydrogen (secondary N) is 1. The Balaban J connectivity index is 2.49. The molecule has 0 rings (SSSR count). The second-order valence-electron chi connectivity index (χ2n) is 0.724. The molecule has 0 aliphatic carbocycles. The Bertz CT molecular complexity index is 37.8. The minimum atomic E-state index is 0.388. The van der Waals surface area contributed by atoms with Crippen LogP contribution in [0.25, 0.3) is 0 Å². The van der Waals surface area contributed by atoms with Crippen LogP contribution in [-0.2, 0) is 4.79 Å². The van der Waals surface area contributed by atoms with Crippen LogP contribution >= 0.6 is 0 Å². The fraction of sp³-hybridized carbons (Fsp3) is 0.333. The molecular formula is C3H7N2O. The predicted octanol–water partition coefficient (Wildman–Crippen LogP) is -1.15. The monoisotopic (exact) mass is 87.1 g/mol. The molecule has 1 radical (unpaired) electrons. The lowest BCUT2D eigenvalue weighted by atomic mass is 10.7. The molecule has 0 fully saturated rings. The summed E-state index contributed by atoms with van der Waals surface area (Å²) in [7, 11) is 0. The normalized spacial score (nSPS) is 7.50. The highest BCUT2D eigenvalue weighted by Crippen LogP contribution is 1.50. The zero-order chi connectivity index (χ0) is 4.83. The van der Waals surface area contributed by atoms with Crippen molar-refractivity contribution in [3.63, 3.8) is 0 Å². The van der Waals surface area contributed by atoms with Gasteiger partial charge < -0.3 is 11.1 Å². The highest BCUT2D eigenvalue weighted by atomic mass is 16.1. The second kappa shape index (κ2) is 4.43. The van der Waals surface area contributed by atoms with Crippen LogP contribution in [0.3, 0.4) is 0 Å². The fourth-order valence-electron chi connectivity index (χ4n) is 0.116. The molecule has 6 heavy (non-hydrogen) atoms. The Kier molecular flexibility index (Phi) is 4.01. The number of amides is 1. The van der Waals surface area contributed by atoms with E-state index in [2.05, 4.69) is 5.32 Å². The predicted molar refractivity (Wildman–Crippen MR) is 22.6 cm³/mol. The van der Waals surface area contributed by atoms with Crippen molar-refractivity contribution in [1.82, 2.24) is 5.32 Å². The van der Waals surface area contributed by atoms with Gasteiger partial charge in [0.2, 0.25) is 6.41 Å². The summed E-state index contributed by atoms with van der Waals surface area (Å²) in [5.74, 6) is 0. The van der Waals surface area contributed by atoms with Crippen LogP contribution in [0, 0.1) is 6.54 Å². The van der Waals surface area contributed by atoms with Crippen LogP contribution in [0.15, 0.2) is 0 Å². The van der Waals surface area contributed by atoms with Gasteiger partial charge in [-0.25, -0.2) is 0 Å². The summed E-state index contributed by atoms with van der Waals surface area (Å²) in [5.41, 5.74) is 4.94. The van der Waals surface area contributed by atoms with E-state index in [1.54, 1.807) is 0 Å². The standard InChI is InChI=1S/C3H7N2O/c4-1-2-5-3-6/h2-3H,1,4H2,(H,5,6). The maximum absolute atomic E-state index is 9.37. The smallest absolute Gasteiger partial charge is 0.207 e. The molecule has 0 aromatic rings. The van der Waals surface area contributed by atoms with Crippen LogP contribution in [0.4, 0.5) is 0 Å². The summed E-state index contributed by atoms with van der Waals surface area (Å²) in [6.07, 6.45) is 0.576. The Morgan fingerprint density at radius 2 is 2.50 bits per heavy atom. The molecule has 0 aromatic carbocycles. The first kappa shape index (κ1) is 5.43. The molecule has 1 amide bonds. The molecule has 3 N–H and O–H groups in total. The molecule has 0 unspecified atom stereocenters. The van der Waals surface area contributed by atoms with E-state index in [0.29, 0.717) is 13.0 Å². The molecule has 0 saturated heterocycles. The van der Waals surface area contributed by atoms with E-state index < -0.39 is 0 Å². The van der Waals surface area contributed by atoms with Gasteiger partial charge >= 0.3 is 0 Å². The molecule has 0 aliphatic rings. The fourth-order valence-corrected chi connectivity index (χ4v) is 0.116. The molecule has 0 saturated carbocycles. The largest absolute Gasteiger partial charge is 0.353 e. The third-order valence-electron chi connectivity index (χ3n) is 0.304. The Labute approximate surface area is 36.5 Å². The van der Waals surface area contributed by atoms with Gasteiger partial charge in [-0.2, -0.15) is 0 Å². The van der Waals surface area contributed by atoms with Gasteiger partial charge in [0.15, 0.2) is 0 Å². The van der Waals surface area contributed by atoms with E-state index in [1.807, 2.05) is 0 Å². The molecule has 0 aromatic heterocycles. The highest BCUT2D eigenvalue weighted by Gasteiger charge is 1.70. The summed E-state index contributed by atoms with van der Waals surface area (Å²) in [6, 6.07) is 0. The average molecular weight is 87.1 g/mol. The molecular weight excluding hydrogens is 80.0 g/mol. The van der Waals surface area contributed by atoms with Gasteiger partial charge in [-0.1, -0.05) is 0 Å². The Morgan fingerprint density at radius 3 is 2.67 bits per heavy atom. The molecule has 0 atom stereocenters. The van der Waals surface area contributed by atoms with Crippen molar-refractivity contribution in [1.29, 1.82) is 0 Å². The second-order valence-corrected chi connectivity index (χ2v) is 0.724. The van der Waals surface area contributed by atoms with E-state index in [1.165, 1.54) is 6.54 Å². The first-order valence-corrected chi connectivity index (χ1v) is 1.63. The van der Waals surface area contributed by atoms with Gasteiger partial charge in [0.25, 0.3) is 0 Å². The van der Waals surface area contributed by atoms with E-state index >= 15 is 0 Å².